The van der Waals surface area contributed by atoms with Crippen LogP contribution >= 0.6 is 0 Å². The zero-order chi connectivity index (χ0) is 9.68. The summed E-state index contributed by atoms with van der Waals surface area (Å²) in [4.78, 5) is 0. The lowest BCUT2D eigenvalue weighted by atomic mass is 10.1. The number of ether oxygens (including phenoxy) is 2. The van der Waals surface area contributed by atoms with Gasteiger partial charge in [-0.1, -0.05) is 6.08 Å². The zero-order valence-corrected chi connectivity index (χ0v) is 7.56. The van der Waals surface area contributed by atoms with Crippen molar-refractivity contribution < 1.29 is 19.7 Å². The molecule has 1 rings (SSSR count). The molecule has 1 heterocycles. The molecule has 0 aliphatic carbocycles. The van der Waals surface area contributed by atoms with Gasteiger partial charge in [-0.2, -0.15) is 0 Å². The Morgan fingerprint density at radius 3 is 2.92 bits per heavy atom. The van der Waals surface area contributed by atoms with Crippen LogP contribution in [-0.4, -0.2) is 41.9 Å². The average molecular weight is 188 g/mol. The monoisotopic (exact) mass is 188 g/mol. The van der Waals surface area contributed by atoms with E-state index in [4.69, 9.17) is 14.6 Å². The van der Waals surface area contributed by atoms with Gasteiger partial charge >= 0.3 is 0 Å². The van der Waals surface area contributed by atoms with Crippen molar-refractivity contribution in [2.75, 3.05) is 13.2 Å². The van der Waals surface area contributed by atoms with Crippen LogP contribution in [0.25, 0.3) is 0 Å². The van der Waals surface area contributed by atoms with Gasteiger partial charge in [0.05, 0.1) is 25.4 Å². The Balaban J connectivity index is 2.33. The molecule has 13 heavy (non-hydrogen) atoms. The Morgan fingerprint density at radius 1 is 1.54 bits per heavy atom. The highest BCUT2D eigenvalue weighted by molar-refractivity contribution is 4.73. The van der Waals surface area contributed by atoms with Gasteiger partial charge in [0.15, 0.2) is 6.29 Å². The molecule has 2 N–H and O–H groups in total. The quantitative estimate of drug-likeness (QED) is 0.612. The van der Waals surface area contributed by atoms with Gasteiger partial charge in [-0.05, 0) is 0 Å². The fourth-order valence-corrected chi connectivity index (χ4v) is 1.35. The molecule has 1 saturated heterocycles. The molecule has 0 amide bonds. The van der Waals surface area contributed by atoms with E-state index in [1.165, 1.54) is 0 Å². The number of hydrogen-bond donors (Lipinski definition) is 2. The third kappa shape index (κ3) is 3.44. The number of rotatable bonds is 4. The predicted octanol–water partition coefficient (Wildman–Crippen LogP) is 0.0473. The maximum Gasteiger partial charge on any atom is 0.160 e. The SMILES string of the molecule is C=CCOC1C[C@@H](O)C[C@@H](CO)O1. The molecular weight excluding hydrogens is 172 g/mol. The molecule has 4 heteroatoms. The van der Waals surface area contributed by atoms with Gasteiger partial charge in [0.25, 0.3) is 0 Å². The highest BCUT2D eigenvalue weighted by Crippen LogP contribution is 2.20. The first kappa shape index (κ1) is 10.7. The first-order valence-electron chi connectivity index (χ1n) is 4.43. The molecule has 0 bridgehead atoms. The molecule has 4 nitrogen and oxygen atoms in total. The summed E-state index contributed by atoms with van der Waals surface area (Å²) in [7, 11) is 0. The lowest BCUT2D eigenvalue weighted by molar-refractivity contribution is -0.217. The van der Waals surface area contributed by atoms with Crippen molar-refractivity contribution in [3.05, 3.63) is 12.7 Å². The Hall–Kier alpha value is -0.420. The van der Waals surface area contributed by atoms with E-state index in [0.717, 1.165) is 0 Å². The zero-order valence-electron chi connectivity index (χ0n) is 7.56. The van der Waals surface area contributed by atoms with Gasteiger partial charge in [-0.25, -0.2) is 0 Å². The average Bonchev–Trinajstić information content (AvgIpc) is 2.14. The molecule has 76 valence electrons. The van der Waals surface area contributed by atoms with Gasteiger partial charge in [0.2, 0.25) is 0 Å². The number of hydrogen-bond acceptors (Lipinski definition) is 4. The summed E-state index contributed by atoms with van der Waals surface area (Å²) in [6.45, 7) is 3.83. The molecule has 0 aromatic heterocycles. The van der Waals surface area contributed by atoms with Gasteiger partial charge in [-0.3, -0.25) is 0 Å². The molecule has 0 spiro atoms. The molecule has 1 fully saturated rings. The molecule has 0 aromatic rings. The summed E-state index contributed by atoms with van der Waals surface area (Å²) in [5.74, 6) is 0. The van der Waals surface area contributed by atoms with E-state index >= 15 is 0 Å². The molecule has 0 saturated carbocycles. The normalized spacial score (nSPS) is 34.5. The standard InChI is InChI=1S/C9H16O4/c1-2-3-12-9-5-7(11)4-8(6-10)13-9/h2,7-11H,1,3-6H2/t7-,8-,9?/m0/s1. The summed E-state index contributed by atoms with van der Waals surface area (Å²) in [6.07, 6.45) is 1.39. The largest absolute Gasteiger partial charge is 0.394 e. The lowest BCUT2D eigenvalue weighted by Gasteiger charge is -2.31. The van der Waals surface area contributed by atoms with Crippen molar-refractivity contribution in [2.24, 2.45) is 0 Å². The highest BCUT2D eigenvalue weighted by Gasteiger charge is 2.27. The first-order valence-corrected chi connectivity index (χ1v) is 4.43. The van der Waals surface area contributed by atoms with Crippen LogP contribution in [0.4, 0.5) is 0 Å². The van der Waals surface area contributed by atoms with E-state index in [9.17, 15) is 5.11 Å². The Labute approximate surface area is 77.8 Å². The van der Waals surface area contributed by atoms with Crippen LogP contribution in [0.15, 0.2) is 12.7 Å². The van der Waals surface area contributed by atoms with E-state index in [2.05, 4.69) is 6.58 Å². The van der Waals surface area contributed by atoms with E-state index in [1.807, 2.05) is 0 Å². The summed E-state index contributed by atoms with van der Waals surface area (Å²) in [5, 5.41) is 18.2. The van der Waals surface area contributed by atoms with Crippen molar-refractivity contribution in [2.45, 2.75) is 31.3 Å². The van der Waals surface area contributed by atoms with E-state index in [-0.39, 0.29) is 12.7 Å². The van der Waals surface area contributed by atoms with Crippen molar-refractivity contribution in [3.8, 4) is 0 Å². The maximum atomic E-state index is 9.38. The van der Waals surface area contributed by atoms with Crippen LogP contribution < -0.4 is 0 Å². The van der Waals surface area contributed by atoms with Crippen LogP contribution in [0.1, 0.15) is 12.8 Å². The smallest absolute Gasteiger partial charge is 0.160 e. The second kappa shape index (κ2) is 5.34. The van der Waals surface area contributed by atoms with Crippen LogP contribution in [0.2, 0.25) is 0 Å². The van der Waals surface area contributed by atoms with Gasteiger partial charge in [-0.15, -0.1) is 6.58 Å². The number of aliphatic hydroxyl groups is 2. The van der Waals surface area contributed by atoms with E-state index in [1.54, 1.807) is 6.08 Å². The molecule has 1 aliphatic rings. The van der Waals surface area contributed by atoms with Crippen molar-refractivity contribution >= 4 is 0 Å². The second-order valence-electron chi connectivity index (χ2n) is 3.12. The lowest BCUT2D eigenvalue weighted by Crippen LogP contribution is -2.38. The third-order valence-corrected chi connectivity index (χ3v) is 1.95. The van der Waals surface area contributed by atoms with E-state index in [0.29, 0.717) is 19.4 Å². The second-order valence-corrected chi connectivity index (χ2v) is 3.12. The molecule has 1 aliphatic heterocycles. The summed E-state index contributed by atoms with van der Waals surface area (Å²) in [5.41, 5.74) is 0. The first-order chi connectivity index (χ1) is 6.26. The Morgan fingerprint density at radius 2 is 2.31 bits per heavy atom. The third-order valence-electron chi connectivity index (χ3n) is 1.95. The highest BCUT2D eigenvalue weighted by atomic mass is 16.7. The molecule has 1 unspecified atom stereocenters. The minimum atomic E-state index is -0.444. The summed E-state index contributed by atoms with van der Waals surface area (Å²) >= 11 is 0. The minimum Gasteiger partial charge on any atom is -0.394 e. The summed E-state index contributed by atoms with van der Waals surface area (Å²) in [6, 6.07) is 0. The molecule has 3 atom stereocenters. The Bertz CT molecular complexity index is 160. The Kier molecular flexibility index (Phi) is 4.38. The van der Waals surface area contributed by atoms with E-state index < -0.39 is 12.4 Å². The van der Waals surface area contributed by atoms with Crippen LogP contribution in [-0.2, 0) is 9.47 Å². The predicted molar refractivity (Wildman–Crippen MR) is 47.1 cm³/mol. The van der Waals surface area contributed by atoms with Crippen molar-refractivity contribution in [3.63, 3.8) is 0 Å². The molecular formula is C9H16O4. The summed E-state index contributed by atoms with van der Waals surface area (Å²) < 4.78 is 10.6. The van der Waals surface area contributed by atoms with Crippen LogP contribution in [0.3, 0.4) is 0 Å². The van der Waals surface area contributed by atoms with Gasteiger partial charge in [0.1, 0.15) is 0 Å². The van der Waals surface area contributed by atoms with Crippen LogP contribution in [0, 0.1) is 0 Å². The van der Waals surface area contributed by atoms with Gasteiger partial charge < -0.3 is 19.7 Å². The van der Waals surface area contributed by atoms with Gasteiger partial charge in [0, 0.05) is 12.8 Å². The fraction of sp³-hybridized carbons (Fsp3) is 0.778. The molecule has 0 aromatic carbocycles. The topological polar surface area (TPSA) is 58.9 Å². The fourth-order valence-electron chi connectivity index (χ4n) is 1.35. The maximum absolute atomic E-state index is 9.38. The van der Waals surface area contributed by atoms with Crippen LogP contribution in [0.5, 0.6) is 0 Å². The molecule has 0 radical (unpaired) electrons. The number of aliphatic hydroxyl groups excluding tert-OH is 2. The van der Waals surface area contributed by atoms with Crippen molar-refractivity contribution in [1.29, 1.82) is 0 Å². The minimum absolute atomic E-state index is 0.0784. The van der Waals surface area contributed by atoms with Crippen molar-refractivity contribution in [1.82, 2.24) is 0 Å².